The van der Waals surface area contributed by atoms with Gasteiger partial charge in [-0.05, 0) is 19.8 Å². The predicted molar refractivity (Wildman–Crippen MR) is 78.4 cm³/mol. The van der Waals surface area contributed by atoms with Crippen molar-refractivity contribution in [2.24, 2.45) is 0 Å². The second-order valence-corrected chi connectivity index (χ2v) is 6.34. The van der Waals surface area contributed by atoms with E-state index >= 15 is 0 Å². The van der Waals surface area contributed by atoms with Crippen molar-refractivity contribution in [3.8, 4) is 0 Å². The normalized spacial score (nSPS) is 20.5. The number of rotatable bonds is 5. The molecule has 9 heteroatoms. The second-order valence-electron chi connectivity index (χ2n) is 6.34. The lowest BCUT2D eigenvalue weighted by atomic mass is 9.97. The molecule has 0 saturated carbocycles. The van der Waals surface area contributed by atoms with Crippen LogP contribution in [0.2, 0.25) is 0 Å². The average Bonchev–Trinajstić information content (AvgIpc) is 3.01. The molecule has 1 aliphatic heterocycles. The highest BCUT2D eigenvalue weighted by atomic mass is 19.4. The van der Waals surface area contributed by atoms with Crippen LogP contribution in [0.4, 0.5) is 13.2 Å². The third-order valence-electron chi connectivity index (χ3n) is 3.89. The highest BCUT2D eigenvalue weighted by Crippen LogP contribution is 2.27. The number of nitrogens with zero attached hydrogens (tertiary/aromatic N) is 3. The van der Waals surface area contributed by atoms with Gasteiger partial charge in [-0.3, -0.25) is 4.79 Å². The summed E-state index contributed by atoms with van der Waals surface area (Å²) in [5, 5.41) is 3.96. The van der Waals surface area contributed by atoms with Crippen LogP contribution in [0, 0.1) is 0 Å². The molecule has 0 radical (unpaired) electrons. The fourth-order valence-corrected chi connectivity index (χ4v) is 2.58. The molecule has 1 aromatic rings. The topological polar surface area (TPSA) is 68.5 Å². The van der Waals surface area contributed by atoms with E-state index in [0.29, 0.717) is 24.8 Å². The summed E-state index contributed by atoms with van der Waals surface area (Å²) in [5.74, 6) is 0.670. The molecule has 0 aliphatic carbocycles. The summed E-state index contributed by atoms with van der Waals surface area (Å²) in [6.45, 7) is 4.63. The highest BCUT2D eigenvalue weighted by Gasteiger charge is 2.33. The minimum Gasteiger partial charge on any atom is -0.359 e. The average molecular weight is 349 g/mol. The first-order chi connectivity index (χ1) is 11.2. The van der Waals surface area contributed by atoms with Gasteiger partial charge in [-0.15, -0.1) is 0 Å². The Labute approximate surface area is 138 Å². The van der Waals surface area contributed by atoms with E-state index in [1.807, 2.05) is 13.8 Å². The fraction of sp³-hybridized carbons (Fsp3) is 0.800. The summed E-state index contributed by atoms with van der Waals surface area (Å²) < 4.78 is 46.4. The molecule has 0 N–H and O–H groups in total. The number of likely N-dealkylation sites (tertiary alicyclic amines) is 1. The standard InChI is InChI=1S/C15H22F3N3O3/c1-9(2)13-19-12(20-24-13)11-5-4-6-21(7-11)14(22)10(3)23-8-15(16,17)18/h9-11H,4-8H2,1-3H3/t10-,11+/m1/s1. The largest absolute Gasteiger partial charge is 0.411 e. The van der Waals surface area contributed by atoms with Crippen LogP contribution in [0.5, 0.6) is 0 Å². The number of piperidine rings is 1. The predicted octanol–water partition coefficient (Wildman–Crippen LogP) is 2.87. The Morgan fingerprint density at radius 3 is 2.71 bits per heavy atom. The zero-order valence-electron chi connectivity index (χ0n) is 14.0. The number of hydrogen-bond acceptors (Lipinski definition) is 5. The van der Waals surface area contributed by atoms with Crippen molar-refractivity contribution in [1.82, 2.24) is 15.0 Å². The molecule has 1 aliphatic rings. The van der Waals surface area contributed by atoms with Crippen molar-refractivity contribution >= 4 is 5.91 Å². The Bertz CT molecular complexity index is 560. The number of carbonyl (C=O) groups is 1. The third kappa shape index (κ3) is 4.93. The summed E-state index contributed by atoms with van der Waals surface area (Å²) >= 11 is 0. The molecule has 1 fully saturated rings. The lowest BCUT2D eigenvalue weighted by molar-refractivity contribution is -0.188. The molecular formula is C15H22F3N3O3. The lowest BCUT2D eigenvalue weighted by Gasteiger charge is -2.33. The number of aromatic nitrogens is 2. The second kappa shape index (κ2) is 7.50. The van der Waals surface area contributed by atoms with Gasteiger partial charge in [-0.2, -0.15) is 18.2 Å². The maximum Gasteiger partial charge on any atom is 0.411 e. The molecule has 0 spiro atoms. The van der Waals surface area contributed by atoms with E-state index < -0.39 is 24.8 Å². The number of carbonyl (C=O) groups excluding carboxylic acids is 1. The molecule has 0 unspecified atom stereocenters. The number of amides is 1. The lowest BCUT2D eigenvalue weighted by Crippen LogP contribution is -2.45. The molecule has 2 rings (SSSR count). The van der Waals surface area contributed by atoms with Crippen molar-refractivity contribution < 1.29 is 27.2 Å². The quantitative estimate of drug-likeness (QED) is 0.818. The van der Waals surface area contributed by atoms with Gasteiger partial charge in [-0.1, -0.05) is 19.0 Å². The van der Waals surface area contributed by atoms with Crippen LogP contribution in [-0.2, 0) is 9.53 Å². The number of halogens is 3. The molecule has 2 heterocycles. The molecule has 2 atom stereocenters. The number of ether oxygens (including phenoxy) is 1. The zero-order valence-corrected chi connectivity index (χ0v) is 14.0. The van der Waals surface area contributed by atoms with Crippen molar-refractivity contribution in [1.29, 1.82) is 0 Å². The Morgan fingerprint density at radius 2 is 2.12 bits per heavy atom. The summed E-state index contributed by atoms with van der Waals surface area (Å²) in [7, 11) is 0. The van der Waals surface area contributed by atoms with Gasteiger partial charge in [0.25, 0.3) is 5.91 Å². The van der Waals surface area contributed by atoms with E-state index in [0.717, 1.165) is 12.8 Å². The summed E-state index contributed by atoms with van der Waals surface area (Å²) in [4.78, 5) is 18.1. The van der Waals surface area contributed by atoms with Crippen LogP contribution < -0.4 is 0 Å². The summed E-state index contributed by atoms with van der Waals surface area (Å²) in [6.07, 6.45) is -4.05. The van der Waals surface area contributed by atoms with Gasteiger partial charge in [0.05, 0.1) is 0 Å². The van der Waals surface area contributed by atoms with Crippen LogP contribution in [0.15, 0.2) is 4.52 Å². The van der Waals surface area contributed by atoms with Crippen LogP contribution in [0.25, 0.3) is 0 Å². The molecule has 1 aromatic heterocycles. The monoisotopic (exact) mass is 349 g/mol. The van der Waals surface area contributed by atoms with Crippen molar-refractivity contribution in [2.45, 2.75) is 57.7 Å². The maximum atomic E-state index is 12.3. The Hall–Kier alpha value is -1.64. The van der Waals surface area contributed by atoms with Gasteiger partial charge in [0.2, 0.25) is 5.89 Å². The van der Waals surface area contributed by atoms with Crippen LogP contribution in [-0.4, -0.2) is 52.9 Å². The number of alkyl halides is 3. The molecule has 0 bridgehead atoms. The van der Waals surface area contributed by atoms with Gasteiger partial charge < -0.3 is 14.2 Å². The van der Waals surface area contributed by atoms with E-state index in [9.17, 15) is 18.0 Å². The van der Waals surface area contributed by atoms with Gasteiger partial charge in [-0.25, -0.2) is 0 Å². The van der Waals surface area contributed by atoms with Gasteiger partial charge >= 0.3 is 6.18 Å². The maximum absolute atomic E-state index is 12.3. The fourth-order valence-electron chi connectivity index (χ4n) is 2.58. The molecular weight excluding hydrogens is 327 g/mol. The third-order valence-corrected chi connectivity index (χ3v) is 3.89. The van der Waals surface area contributed by atoms with Crippen LogP contribution in [0.1, 0.15) is 57.2 Å². The van der Waals surface area contributed by atoms with E-state index in [2.05, 4.69) is 14.9 Å². The molecule has 24 heavy (non-hydrogen) atoms. The first kappa shape index (κ1) is 18.7. The smallest absolute Gasteiger partial charge is 0.359 e. The van der Waals surface area contributed by atoms with E-state index in [1.54, 1.807) is 0 Å². The minimum absolute atomic E-state index is 0.0752. The summed E-state index contributed by atoms with van der Waals surface area (Å²) in [6, 6.07) is 0. The molecule has 136 valence electrons. The first-order valence-corrected chi connectivity index (χ1v) is 7.98. The van der Waals surface area contributed by atoms with Gasteiger partial charge in [0, 0.05) is 24.9 Å². The highest BCUT2D eigenvalue weighted by molar-refractivity contribution is 5.80. The van der Waals surface area contributed by atoms with Crippen molar-refractivity contribution in [3.05, 3.63) is 11.7 Å². The number of hydrogen-bond donors (Lipinski definition) is 0. The Balaban J connectivity index is 1.95. The molecule has 6 nitrogen and oxygen atoms in total. The van der Waals surface area contributed by atoms with E-state index in [4.69, 9.17) is 4.52 Å². The summed E-state index contributed by atoms with van der Waals surface area (Å²) in [5.41, 5.74) is 0. The zero-order chi connectivity index (χ0) is 17.9. The van der Waals surface area contributed by atoms with Gasteiger partial charge in [0.1, 0.15) is 12.7 Å². The van der Waals surface area contributed by atoms with Crippen LogP contribution in [0.3, 0.4) is 0 Å². The Morgan fingerprint density at radius 1 is 1.42 bits per heavy atom. The minimum atomic E-state index is -4.45. The molecule has 1 amide bonds. The van der Waals surface area contributed by atoms with Crippen LogP contribution >= 0.6 is 0 Å². The Kier molecular flexibility index (Phi) is 5.84. The van der Waals surface area contributed by atoms with Crippen molar-refractivity contribution in [2.75, 3.05) is 19.7 Å². The molecule has 1 saturated heterocycles. The van der Waals surface area contributed by atoms with E-state index in [-0.39, 0.29) is 11.8 Å². The first-order valence-electron chi connectivity index (χ1n) is 7.98. The SMILES string of the molecule is CC(C)c1nc([C@H]2CCCN(C(=O)[C@@H](C)OCC(F)(F)F)C2)no1. The van der Waals surface area contributed by atoms with Gasteiger partial charge in [0.15, 0.2) is 5.82 Å². The van der Waals surface area contributed by atoms with Crippen molar-refractivity contribution in [3.63, 3.8) is 0 Å². The van der Waals surface area contributed by atoms with E-state index in [1.165, 1.54) is 11.8 Å². The molecule has 0 aromatic carbocycles.